The molecule has 1 amide bonds. The van der Waals surface area contributed by atoms with Gasteiger partial charge in [-0.2, -0.15) is 0 Å². The van der Waals surface area contributed by atoms with Gasteiger partial charge in [0.15, 0.2) is 11.0 Å². The molecule has 0 spiro atoms. The molecule has 3 aromatic rings. The first-order valence-corrected chi connectivity index (χ1v) is 11.1. The van der Waals surface area contributed by atoms with E-state index in [1.807, 2.05) is 56.5 Å². The van der Waals surface area contributed by atoms with Crippen molar-refractivity contribution in [2.24, 2.45) is 0 Å². The number of ether oxygens (including phenoxy) is 1. The average Bonchev–Trinajstić information content (AvgIpc) is 3.05. The SMILES string of the molecule is C=CCn1c(COc2cc(C)cc(C)c2)nnc1SCC(=O)Nc1cc(C)cc(C)c1. The lowest BCUT2D eigenvalue weighted by Crippen LogP contribution is -2.15. The van der Waals surface area contributed by atoms with Gasteiger partial charge in [-0.05, 0) is 74.2 Å². The van der Waals surface area contributed by atoms with Crippen molar-refractivity contribution in [2.45, 2.75) is 46.0 Å². The molecule has 0 bridgehead atoms. The molecule has 1 heterocycles. The standard InChI is InChI=1S/C24H28N4O2S/c1-6-7-28-22(14-30-21-12-18(4)9-19(5)13-21)26-27-24(28)31-15-23(29)25-20-10-16(2)8-17(3)11-20/h6,8-13H,1,7,14-15H2,2-5H3,(H,25,29). The Labute approximate surface area is 187 Å². The van der Waals surface area contributed by atoms with Crippen LogP contribution in [0.2, 0.25) is 0 Å². The predicted octanol–water partition coefficient (Wildman–Crippen LogP) is 5.01. The van der Waals surface area contributed by atoms with Gasteiger partial charge in [0.05, 0.1) is 5.75 Å². The van der Waals surface area contributed by atoms with Crippen LogP contribution in [0.15, 0.2) is 54.2 Å². The Morgan fingerprint density at radius 2 is 1.65 bits per heavy atom. The van der Waals surface area contributed by atoms with Gasteiger partial charge in [0.2, 0.25) is 5.91 Å². The molecule has 3 rings (SSSR count). The number of nitrogens with one attached hydrogen (secondary N) is 1. The zero-order valence-corrected chi connectivity index (χ0v) is 19.3. The second-order valence-corrected chi connectivity index (χ2v) is 8.57. The summed E-state index contributed by atoms with van der Waals surface area (Å²) in [6, 6.07) is 12.1. The second-order valence-electron chi connectivity index (χ2n) is 7.62. The molecule has 0 fully saturated rings. The lowest BCUT2D eigenvalue weighted by atomic mass is 10.1. The average molecular weight is 437 g/mol. The minimum atomic E-state index is -0.0869. The minimum absolute atomic E-state index is 0.0869. The predicted molar refractivity (Wildman–Crippen MR) is 126 cm³/mol. The molecule has 7 heteroatoms. The molecule has 0 aliphatic rings. The molecule has 0 radical (unpaired) electrons. The van der Waals surface area contributed by atoms with Gasteiger partial charge >= 0.3 is 0 Å². The van der Waals surface area contributed by atoms with Crippen LogP contribution < -0.4 is 10.1 Å². The highest BCUT2D eigenvalue weighted by molar-refractivity contribution is 7.99. The van der Waals surface area contributed by atoms with Gasteiger partial charge in [-0.3, -0.25) is 9.36 Å². The quantitative estimate of drug-likeness (QED) is 0.377. The Balaban J connectivity index is 1.64. The van der Waals surface area contributed by atoms with Crippen LogP contribution in [0.25, 0.3) is 0 Å². The van der Waals surface area contributed by atoms with E-state index in [4.69, 9.17) is 4.74 Å². The van der Waals surface area contributed by atoms with Crippen molar-refractivity contribution in [2.75, 3.05) is 11.1 Å². The van der Waals surface area contributed by atoms with Gasteiger partial charge in [-0.15, -0.1) is 16.8 Å². The molecule has 0 aliphatic carbocycles. The van der Waals surface area contributed by atoms with Crippen LogP contribution in [0.3, 0.4) is 0 Å². The fraction of sp³-hybridized carbons (Fsp3) is 0.292. The summed E-state index contributed by atoms with van der Waals surface area (Å²) >= 11 is 1.34. The summed E-state index contributed by atoms with van der Waals surface area (Å²) in [5.74, 6) is 1.64. The van der Waals surface area contributed by atoms with E-state index >= 15 is 0 Å². The molecule has 162 valence electrons. The third-order valence-corrected chi connectivity index (χ3v) is 5.47. The monoisotopic (exact) mass is 436 g/mol. The zero-order valence-electron chi connectivity index (χ0n) is 18.4. The fourth-order valence-corrected chi connectivity index (χ4v) is 4.15. The second kappa shape index (κ2) is 10.3. The maximum atomic E-state index is 12.4. The Hall–Kier alpha value is -3.06. The number of nitrogens with zero attached hydrogens (tertiary/aromatic N) is 3. The van der Waals surface area contributed by atoms with Crippen LogP contribution in [-0.2, 0) is 17.9 Å². The number of aromatic nitrogens is 3. The normalized spacial score (nSPS) is 10.7. The van der Waals surface area contributed by atoms with Gasteiger partial charge in [0.25, 0.3) is 0 Å². The molecule has 31 heavy (non-hydrogen) atoms. The molecular formula is C24H28N4O2S. The number of hydrogen-bond donors (Lipinski definition) is 1. The van der Waals surface area contributed by atoms with Crippen molar-refractivity contribution >= 4 is 23.4 Å². The third-order valence-electron chi connectivity index (χ3n) is 4.51. The van der Waals surface area contributed by atoms with E-state index in [-0.39, 0.29) is 11.7 Å². The number of aryl methyl sites for hydroxylation is 4. The number of allylic oxidation sites excluding steroid dienone is 1. The van der Waals surface area contributed by atoms with E-state index in [1.54, 1.807) is 6.08 Å². The summed E-state index contributed by atoms with van der Waals surface area (Å²) in [4.78, 5) is 12.4. The van der Waals surface area contributed by atoms with Crippen LogP contribution in [0.1, 0.15) is 28.1 Å². The Bertz CT molecular complexity index is 1050. The first-order valence-electron chi connectivity index (χ1n) is 10.1. The number of amides is 1. The summed E-state index contributed by atoms with van der Waals surface area (Å²) in [7, 11) is 0. The molecule has 0 unspecified atom stereocenters. The summed E-state index contributed by atoms with van der Waals surface area (Å²) < 4.78 is 7.86. The van der Waals surface area contributed by atoms with Gasteiger partial charge < -0.3 is 10.1 Å². The van der Waals surface area contributed by atoms with Crippen molar-refractivity contribution in [1.29, 1.82) is 0 Å². The number of rotatable bonds is 9. The Morgan fingerprint density at radius 1 is 1.03 bits per heavy atom. The van der Waals surface area contributed by atoms with E-state index in [9.17, 15) is 4.79 Å². The fourth-order valence-electron chi connectivity index (χ4n) is 3.38. The first-order chi connectivity index (χ1) is 14.8. The molecule has 0 atom stereocenters. The number of carbonyl (C=O) groups excluding carboxylic acids is 1. The Morgan fingerprint density at radius 3 is 2.26 bits per heavy atom. The van der Waals surface area contributed by atoms with Crippen LogP contribution >= 0.6 is 11.8 Å². The highest BCUT2D eigenvalue weighted by Gasteiger charge is 2.14. The number of anilines is 1. The van der Waals surface area contributed by atoms with E-state index in [0.29, 0.717) is 24.1 Å². The minimum Gasteiger partial charge on any atom is -0.486 e. The highest BCUT2D eigenvalue weighted by Crippen LogP contribution is 2.21. The smallest absolute Gasteiger partial charge is 0.234 e. The summed E-state index contributed by atoms with van der Waals surface area (Å²) in [5, 5.41) is 12.1. The van der Waals surface area contributed by atoms with Crippen molar-refractivity contribution in [3.63, 3.8) is 0 Å². The van der Waals surface area contributed by atoms with E-state index < -0.39 is 0 Å². The van der Waals surface area contributed by atoms with E-state index in [0.717, 1.165) is 33.7 Å². The summed E-state index contributed by atoms with van der Waals surface area (Å²) in [6.45, 7) is 12.8. The van der Waals surface area contributed by atoms with Gasteiger partial charge in [-0.1, -0.05) is 30.0 Å². The molecule has 2 aromatic carbocycles. The van der Waals surface area contributed by atoms with Crippen LogP contribution in [-0.4, -0.2) is 26.4 Å². The van der Waals surface area contributed by atoms with Crippen LogP contribution in [0, 0.1) is 27.7 Å². The van der Waals surface area contributed by atoms with Crippen molar-refractivity contribution in [1.82, 2.24) is 14.8 Å². The van der Waals surface area contributed by atoms with Gasteiger partial charge in [-0.25, -0.2) is 0 Å². The van der Waals surface area contributed by atoms with Crippen molar-refractivity contribution in [3.05, 3.63) is 77.1 Å². The lowest BCUT2D eigenvalue weighted by molar-refractivity contribution is -0.113. The van der Waals surface area contributed by atoms with Gasteiger partial charge in [0.1, 0.15) is 12.4 Å². The zero-order chi connectivity index (χ0) is 22.4. The summed E-state index contributed by atoms with van der Waals surface area (Å²) in [5.41, 5.74) is 5.32. The topological polar surface area (TPSA) is 69.0 Å². The van der Waals surface area contributed by atoms with Crippen molar-refractivity contribution < 1.29 is 9.53 Å². The largest absolute Gasteiger partial charge is 0.486 e. The number of thioether (sulfide) groups is 1. The maximum absolute atomic E-state index is 12.4. The molecule has 0 saturated heterocycles. The summed E-state index contributed by atoms with van der Waals surface area (Å²) in [6.07, 6.45) is 1.78. The van der Waals surface area contributed by atoms with E-state index in [1.165, 1.54) is 11.8 Å². The van der Waals surface area contributed by atoms with Gasteiger partial charge in [0, 0.05) is 12.2 Å². The number of carbonyl (C=O) groups is 1. The first kappa shape index (κ1) is 22.6. The number of hydrogen-bond acceptors (Lipinski definition) is 5. The van der Waals surface area contributed by atoms with Crippen LogP contribution in [0.4, 0.5) is 5.69 Å². The maximum Gasteiger partial charge on any atom is 0.234 e. The Kier molecular flexibility index (Phi) is 7.52. The van der Waals surface area contributed by atoms with Crippen molar-refractivity contribution in [3.8, 4) is 5.75 Å². The lowest BCUT2D eigenvalue weighted by Gasteiger charge is -2.10. The molecule has 1 aromatic heterocycles. The molecule has 6 nitrogen and oxygen atoms in total. The van der Waals surface area contributed by atoms with Crippen LogP contribution in [0.5, 0.6) is 5.75 Å². The highest BCUT2D eigenvalue weighted by atomic mass is 32.2. The molecular weight excluding hydrogens is 408 g/mol. The molecule has 0 aliphatic heterocycles. The molecule has 0 saturated carbocycles. The molecule has 1 N–H and O–H groups in total. The van der Waals surface area contributed by atoms with E-state index in [2.05, 4.69) is 34.2 Å². The number of benzene rings is 2. The third kappa shape index (κ3) is 6.46.